The van der Waals surface area contributed by atoms with Crippen molar-refractivity contribution in [2.75, 3.05) is 13.2 Å². The Labute approximate surface area is 88.3 Å². The SMILES string of the molecule is Cc1nc(CC2COCCC2N)cs1. The fourth-order valence-corrected chi connectivity index (χ4v) is 2.42. The van der Waals surface area contributed by atoms with Gasteiger partial charge in [-0.05, 0) is 19.8 Å². The number of ether oxygens (including phenoxy) is 1. The topological polar surface area (TPSA) is 48.1 Å². The molecule has 0 aliphatic carbocycles. The summed E-state index contributed by atoms with van der Waals surface area (Å²) in [5, 5.41) is 3.25. The van der Waals surface area contributed by atoms with Crippen molar-refractivity contribution < 1.29 is 4.74 Å². The highest BCUT2D eigenvalue weighted by Gasteiger charge is 2.23. The highest BCUT2D eigenvalue weighted by atomic mass is 32.1. The molecule has 0 aromatic carbocycles. The second kappa shape index (κ2) is 4.38. The lowest BCUT2D eigenvalue weighted by Crippen LogP contribution is -2.39. The van der Waals surface area contributed by atoms with Gasteiger partial charge in [0, 0.05) is 23.9 Å². The van der Waals surface area contributed by atoms with Crippen molar-refractivity contribution >= 4 is 11.3 Å². The van der Waals surface area contributed by atoms with Crippen LogP contribution in [0.3, 0.4) is 0 Å². The molecule has 2 rings (SSSR count). The summed E-state index contributed by atoms with van der Waals surface area (Å²) in [5.41, 5.74) is 7.19. The van der Waals surface area contributed by atoms with Gasteiger partial charge in [-0.3, -0.25) is 0 Å². The van der Waals surface area contributed by atoms with Crippen molar-refractivity contribution in [1.29, 1.82) is 0 Å². The number of aryl methyl sites for hydroxylation is 1. The van der Waals surface area contributed by atoms with Crippen LogP contribution in [-0.2, 0) is 11.2 Å². The molecular weight excluding hydrogens is 196 g/mol. The summed E-state index contributed by atoms with van der Waals surface area (Å²) in [5.74, 6) is 0.449. The fraction of sp³-hybridized carbons (Fsp3) is 0.700. The molecule has 2 N–H and O–H groups in total. The van der Waals surface area contributed by atoms with Crippen LogP contribution in [-0.4, -0.2) is 24.2 Å². The first-order valence-electron chi connectivity index (χ1n) is 5.00. The molecule has 2 unspecified atom stereocenters. The fourth-order valence-electron chi connectivity index (χ4n) is 1.79. The maximum Gasteiger partial charge on any atom is 0.0897 e. The van der Waals surface area contributed by atoms with Gasteiger partial charge in [0.25, 0.3) is 0 Å². The highest BCUT2D eigenvalue weighted by Crippen LogP contribution is 2.19. The monoisotopic (exact) mass is 212 g/mol. The largest absolute Gasteiger partial charge is 0.381 e. The van der Waals surface area contributed by atoms with Crippen LogP contribution in [0.2, 0.25) is 0 Å². The smallest absolute Gasteiger partial charge is 0.0897 e. The van der Waals surface area contributed by atoms with E-state index < -0.39 is 0 Å². The first kappa shape index (κ1) is 10.1. The van der Waals surface area contributed by atoms with Gasteiger partial charge in [0.05, 0.1) is 17.3 Å². The lowest BCUT2D eigenvalue weighted by Gasteiger charge is -2.27. The van der Waals surface area contributed by atoms with Crippen molar-refractivity contribution in [2.45, 2.75) is 25.8 Å². The Morgan fingerprint density at radius 2 is 2.57 bits per heavy atom. The molecule has 1 aromatic rings. The Morgan fingerprint density at radius 1 is 1.71 bits per heavy atom. The van der Waals surface area contributed by atoms with Gasteiger partial charge in [-0.25, -0.2) is 4.98 Å². The van der Waals surface area contributed by atoms with Crippen LogP contribution in [0.4, 0.5) is 0 Å². The predicted octanol–water partition coefficient (Wildman–Crippen LogP) is 1.36. The minimum absolute atomic E-state index is 0.283. The summed E-state index contributed by atoms with van der Waals surface area (Å²) in [6.45, 7) is 3.64. The second-order valence-electron chi connectivity index (χ2n) is 3.85. The van der Waals surface area contributed by atoms with Crippen LogP contribution in [0.1, 0.15) is 17.1 Å². The molecule has 0 bridgehead atoms. The standard InChI is InChI=1S/C10H16N2OS/c1-7-12-9(6-14-7)4-8-5-13-3-2-10(8)11/h6,8,10H,2-5,11H2,1H3. The summed E-state index contributed by atoms with van der Waals surface area (Å²) in [4.78, 5) is 4.45. The van der Waals surface area contributed by atoms with Crippen LogP contribution in [0.25, 0.3) is 0 Å². The van der Waals surface area contributed by atoms with Crippen molar-refractivity contribution in [3.63, 3.8) is 0 Å². The second-order valence-corrected chi connectivity index (χ2v) is 4.91. The van der Waals surface area contributed by atoms with E-state index in [1.807, 2.05) is 6.92 Å². The molecule has 0 saturated carbocycles. The Bertz CT molecular complexity index is 300. The average Bonchev–Trinajstić information content (AvgIpc) is 2.56. The zero-order chi connectivity index (χ0) is 9.97. The molecule has 1 aliphatic rings. The van der Waals surface area contributed by atoms with E-state index in [2.05, 4.69) is 10.4 Å². The molecule has 0 spiro atoms. The summed E-state index contributed by atoms with van der Waals surface area (Å²) >= 11 is 1.70. The zero-order valence-corrected chi connectivity index (χ0v) is 9.22. The first-order chi connectivity index (χ1) is 6.75. The quantitative estimate of drug-likeness (QED) is 0.805. The average molecular weight is 212 g/mol. The summed E-state index contributed by atoms with van der Waals surface area (Å²) < 4.78 is 5.43. The van der Waals surface area contributed by atoms with E-state index in [1.54, 1.807) is 11.3 Å². The summed E-state index contributed by atoms with van der Waals surface area (Å²) in [6, 6.07) is 0.283. The Morgan fingerprint density at radius 3 is 3.21 bits per heavy atom. The van der Waals surface area contributed by atoms with Gasteiger partial charge in [-0.2, -0.15) is 0 Å². The lowest BCUT2D eigenvalue weighted by atomic mass is 9.92. The van der Waals surface area contributed by atoms with Gasteiger partial charge in [-0.15, -0.1) is 11.3 Å². The molecule has 14 heavy (non-hydrogen) atoms. The summed E-state index contributed by atoms with van der Waals surface area (Å²) in [7, 11) is 0. The van der Waals surface area contributed by atoms with E-state index >= 15 is 0 Å². The third-order valence-electron chi connectivity index (χ3n) is 2.67. The molecule has 4 heteroatoms. The number of aromatic nitrogens is 1. The number of rotatable bonds is 2. The lowest BCUT2D eigenvalue weighted by molar-refractivity contribution is 0.0419. The minimum atomic E-state index is 0.283. The molecule has 2 heterocycles. The molecule has 2 atom stereocenters. The molecular formula is C10H16N2OS. The van der Waals surface area contributed by atoms with Gasteiger partial charge < -0.3 is 10.5 Å². The Kier molecular flexibility index (Phi) is 3.15. The molecule has 3 nitrogen and oxygen atoms in total. The number of nitrogens with zero attached hydrogens (tertiary/aromatic N) is 1. The molecule has 1 saturated heterocycles. The maximum absolute atomic E-state index is 6.03. The van der Waals surface area contributed by atoms with E-state index in [-0.39, 0.29) is 6.04 Å². The van der Waals surface area contributed by atoms with E-state index in [0.29, 0.717) is 5.92 Å². The zero-order valence-electron chi connectivity index (χ0n) is 8.40. The number of nitrogens with two attached hydrogens (primary N) is 1. The first-order valence-corrected chi connectivity index (χ1v) is 5.88. The van der Waals surface area contributed by atoms with Crippen LogP contribution < -0.4 is 5.73 Å². The number of hydrogen-bond acceptors (Lipinski definition) is 4. The predicted molar refractivity (Wildman–Crippen MR) is 57.5 cm³/mol. The van der Waals surface area contributed by atoms with Crippen LogP contribution in [0, 0.1) is 12.8 Å². The van der Waals surface area contributed by atoms with Gasteiger partial charge in [-0.1, -0.05) is 0 Å². The molecule has 0 radical (unpaired) electrons. The van der Waals surface area contributed by atoms with Crippen molar-refractivity contribution in [3.8, 4) is 0 Å². The minimum Gasteiger partial charge on any atom is -0.381 e. The maximum atomic E-state index is 6.03. The molecule has 1 fully saturated rings. The molecule has 1 aliphatic heterocycles. The van der Waals surface area contributed by atoms with Crippen molar-refractivity contribution in [1.82, 2.24) is 4.98 Å². The number of hydrogen-bond donors (Lipinski definition) is 1. The van der Waals surface area contributed by atoms with Gasteiger partial charge in [0.1, 0.15) is 0 Å². The van der Waals surface area contributed by atoms with Crippen molar-refractivity contribution in [3.05, 3.63) is 16.1 Å². The third-order valence-corrected chi connectivity index (χ3v) is 3.49. The van der Waals surface area contributed by atoms with Crippen molar-refractivity contribution in [2.24, 2.45) is 11.7 Å². The van der Waals surface area contributed by atoms with E-state index in [0.717, 1.165) is 31.1 Å². The van der Waals surface area contributed by atoms with Gasteiger partial charge in [0.15, 0.2) is 0 Å². The molecule has 1 aromatic heterocycles. The molecule has 0 amide bonds. The Hall–Kier alpha value is -0.450. The third kappa shape index (κ3) is 2.32. The van der Waals surface area contributed by atoms with E-state index in [4.69, 9.17) is 10.5 Å². The highest BCUT2D eigenvalue weighted by molar-refractivity contribution is 7.09. The Balaban J connectivity index is 1.95. The number of thiazole rings is 1. The van der Waals surface area contributed by atoms with Crippen LogP contribution in [0.15, 0.2) is 5.38 Å². The summed E-state index contributed by atoms with van der Waals surface area (Å²) in [6.07, 6.45) is 1.94. The van der Waals surface area contributed by atoms with E-state index in [1.165, 1.54) is 5.69 Å². The van der Waals surface area contributed by atoms with Gasteiger partial charge >= 0.3 is 0 Å². The normalized spacial score (nSPS) is 27.9. The molecule has 78 valence electrons. The van der Waals surface area contributed by atoms with Crippen LogP contribution in [0.5, 0.6) is 0 Å². The van der Waals surface area contributed by atoms with E-state index in [9.17, 15) is 0 Å². The van der Waals surface area contributed by atoms with Crippen LogP contribution >= 0.6 is 11.3 Å². The van der Waals surface area contributed by atoms with Gasteiger partial charge in [0.2, 0.25) is 0 Å².